The third-order valence-electron chi connectivity index (χ3n) is 0.701. The van der Waals surface area contributed by atoms with Crippen molar-refractivity contribution in [2.45, 2.75) is 13.0 Å². The van der Waals surface area contributed by atoms with Crippen molar-refractivity contribution in [3.8, 4) is 0 Å². The molecule has 1 atom stereocenters. The average molecular weight is 193 g/mol. The van der Waals surface area contributed by atoms with Crippen molar-refractivity contribution in [3.05, 3.63) is 12.7 Å². The summed E-state index contributed by atoms with van der Waals surface area (Å²) >= 11 is 3.16. The maximum Gasteiger partial charge on any atom is 0.330 e. The quantitative estimate of drug-likeness (QED) is 0.385. The number of esters is 1. The molecule has 0 fully saturated rings. The standard InChI is InChI=1S/C6H9BrO2/c1-3-6(8)9-5(2)4-7/h3,5H,1,4H2,2H3. The molecule has 0 radical (unpaired) electrons. The first-order valence-corrected chi connectivity index (χ1v) is 3.72. The SMILES string of the molecule is C=CC(=O)OC(C)CBr. The lowest BCUT2D eigenvalue weighted by molar-refractivity contribution is -0.141. The molecule has 0 aromatic rings. The lowest BCUT2D eigenvalue weighted by Crippen LogP contribution is -2.13. The Kier molecular flexibility index (Phi) is 4.40. The zero-order valence-corrected chi connectivity index (χ0v) is 6.85. The molecule has 0 saturated carbocycles. The number of carbonyl (C=O) groups excluding carboxylic acids is 1. The molecule has 0 aromatic carbocycles. The van der Waals surface area contributed by atoms with Crippen LogP contribution in [0.2, 0.25) is 0 Å². The van der Waals surface area contributed by atoms with Crippen LogP contribution in [0.1, 0.15) is 6.92 Å². The van der Waals surface area contributed by atoms with Gasteiger partial charge in [0.15, 0.2) is 0 Å². The van der Waals surface area contributed by atoms with E-state index in [1.807, 2.05) is 0 Å². The number of hydrogen-bond donors (Lipinski definition) is 0. The maximum atomic E-state index is 10.4. The Morgan fingerprint density at radius 3 is 2.89 bits per heavy atom. The predicted octanol–water partition coefficient (Wildman–Crippen LogP) is 1.50. The molecular formula is C6H9BrO2. The van der Waals surface area contributed by atoms with E-state index in [0.29, 0.717) is 5.33 Å². The van der Waals surface area contributed by atoms with Gasteiger partial charge in [0, 0.05) is 11.4 Å². The minimum atomic E-state index is -0.373. The molecule has 0 aromatic heterocycles. The van der Waals surface area contributed by atoms with Gasteiger partial charge in [-0.2, -0.15) is 0 Å². The minimum Gasteiger partial charge on any atom is -0.459 e. The van der Waals surface area contributed by atoms with Crippen LogP contribution < -0.4 is 0 Å². The Bertz CT molecular complexity index is 112. The van der Waals surface area contributed by atoms with Crippen LogP contribution in [0, 0.1) is 0 Å². The third-order valence-corrected chi connectivity index (χ3v) is 1.61. The van der Waals surface area contributed by atoms with E-state index in [1.165, 1.54) is 0 Å². The highest BCUT2D eigenvalue weighted by Gasteiger charge is 2.02. The molecule has 3 heteroatoms. The first-order valence-electron chi connectivity index (χ1n) is 2.59. The number of ether oxygens (including phenoxy) is 1. The average Bonchev–Trinajstić information content (AvgIpc) is 1.87. The summed E-state index contributed by atoms with van der Waals surface area (Å²) in [4.78, 5) is 10.4. The molecular weight excluding hydrogens is 184 g/mol. The first-order chi connectivity index (χ1) is 4.20. The second-order valence-electron chi connectivity index (χ2n) is 1.61. The van der Waals surface area contributed by atoms with Gasteiger partial charge in [-0.05, 0) is 6.92 Å². The van der Waals surface area contributed by atoms with E-state index in [-0.39, 0.29) is 12.1 Å². The van der Waals surface area contributed by atoms with Gasteiger partial charge in [-0.25, -0.2) is 4.79 Å². The molecule has 0 aliphatic rings. The van der Waals surface area contributed by atoms with E-state index >= 15 is 0 Å². The van der Waals surface area contributed by atoms with E-state index in [2.05, 4.69) is 22.5 Å². The number of hydrogen-bond acceptors (Lipinski definition) is 2. The minimum absolute atomic E-state index is 0.0736. The zero-order valence-electron chi connectivity index (χ0n) is 5.26. The Hall–Kier alpha value is -0.310. The lowest BCUT2D eigenvalue weighted by Gasteiger charge is -2.06. The van der Waals surface area contributed by atoms with E-state index < -0.39 is 0 Å². The summed E-state index contributed by atoms with van der Waals surface area (Å²) in [5.41, 5.74) is 0. The highest BCUT2D eigenvalue weighted by molar-refractivity contribution is 9.09. The highest BCUT2D eigenvalue weighted by Crippen LogP contribution is 1.95. The molecule has 2 nitrogen and oxygen atoms in total. The Morgan fingerprint density at radius 2 is 2.56 bits per heavy atom. The fourth-order valence-electron chi connectivity index (χ4n) is 0.278. The van der Waals surface area contributed by atoms with Gasteiger partial charge in [-0.3, -0.25) is 0 Å². The van der Waals surface area contributed by atoms with Crippen molar-refractivity contribution < 1.29 is 9.53 Å². The van der Waals surface area contributed by atoms with Crippen molar-refractivity contribution in [1.29, 1.82) is 0 Å². The fraction of sp³-hybridized carbons (Fsp3) is 0.500. The van der Waals surface area contributed by atoms with Gasteiger partial charge in [0.25, 0.3) is 0 Å². The summed E-state index contributed by atoms with van der Waals surface area (Å²) < 4.78 is 4.74. The van der Waals surface area contributed by atoms with Crippen molar-refractivity contribution in [3.63, 3.8) is 0 Å². The van der Waals surface area contributed by atoms with E-state index in [1.54, 1.807) is 6.92 Å². The normalized spacial score (nSPS) is 12.2. The van der Waals surface area contributed by atoms with Crippen LogP contribution in [-0.2, 0) is 9.53 Å². The number of alkyl halides is 1. The van der Waals surface area contributed by atoms with Gasteiger partial charge in [-0.1, -0.05) is 22.5 Å². The highest BCUT2D eigenvalue weighted by atomic mass is 79.9. The monoisotopic (exact) mass is 192 g/mol. The van der Waals surface area contributed by atoms with Crippen LogP contribution >= 0.6 is 15.9 Å². The van der Waals surface area contributed by atoms with Crippen LogP contribution in [0.4, 0.5) is 0 Å². The summed E-state index contributed by atoms with van der Waals surface area (Å²) in [6, 6.07) is 0. The topological polar surface area (TPSA) is 26.3 Å². The van der Waals surface area contributed by atoms with Crippen molar-refractivity contribution in [2.75, 3.05) is 5.33 Å². The lowest BCUT2D eigenvalue weighted by atomic mass is 10.5. The molecule has 0 heterocycles. The molecule has 0 amide bonds. The van der Waals surface area contributed by atoms with Crippen LogP contribution in [-0.4, -0.2) is 17.4 Å². The van der Waals surface area contributed by atoms with Gasteiger partial charge in [0.1, 0.15) is 6.10 Å². The Balaban J connectivity index is 3.46. The molecule has 0 bridgehead atoms. The molecule has 0 rings (SSSR count). The number of rotatable bonds is 3. The predicted molar refractivity (Wildman–Crippen MR) is 39.5 cm³/mol. The van der Waals surface area contributed by atoms with Gasteiger partial charge >= 0.3 is 5.97 Å². The second-order valence-corrected chi connectivity index (χ2v) is 2.25. The molecule has 0 aliphatic heterocycles. The summed E-state index contributed by atoms with van der Waals surface area (Å²) in [6.07, 6.45) is 1.08. The molecule has 0 saturated heterocycles. The van der Waals surface area contributed by atoms with Crippen molar-refractivity contribution in [2.24, 2.45) is 0 Å². The fourth-order valence-corrected chi connectivity index (χ4v) is 0.410. The van der Waals surface area contributed by atoms with E-state index in [9.17, 15) is 4.79 Å². The van der Waals surface area contributed by atoms with Gasteiger partial charge in [-0.15, -0.1) is 0 Å². The van der Waals surface area contributed by atoms with Crippen molar-refractivity contribution in [1.82, 2.24) is 0 Å². The van der Waals surface area contributed by atoms with Crippen molar-refractivity contribution >= 4 is 21.9 Å². The van der Waals surface area contributed by atoms with Crippen LogP contribution in [0.25, 0.3) is 0 Å². The molecule has 1 unspecified atom stereocenters. The number of halogens is 1. The van der Waals surface area contributed by atoms with Gasteiger partial charge in [0.2, 0.25) is 0 Å². The zero-order chi connectivity index (χ0) is 7.28. The summed E-state index contributed by atoms with van der Waals surface area (Å²) in [5.74, 6) is -0.373. The largest absolute Gasteiger partial charge is 0.459 e. The second kappa shape index (κ2) is 4.56. The maximum absolute atomic E-state index is 10.4. The molecule has 0 aliphatic carbocycles. The summed E-state index contributed by atoms with van der Waals surface area (Å²) in [5, 5.41) is 0.659. The van der Waals surface area contributed by atoms with Crippen LogP contribution in [0.5, 0.6) is 0 Å². The third kappa shape index (κ3) is 4.21. The summed E-state index contributed by atoms with van der Waals surface area (Å²) in [6.45, 7) is 5.06. The Morgan fingerprint density at radius 1 is 2.00 bits per heavy atom. The van der Waals surface area contributed by atoms with Gasteiger partial charge < -0.3 is 4.74 Å². The smallest absolute Gasteiger partial charge is 0.330 e. The van der Waals surface area contributed by atoms with Crippen LogP contribution in [0.3, 0.4) is 0 Å². The van der Waals surface area contributed by atoms with E-state index in [4.69, 9.17) is 4.74 Å². The van der Waals surface area contributed by atoms with E-state index in [0.717, 1.165) is 6.08 Å². The van der Waals surface area contributed by atoms with Gasteiger partial charge in [0.05, 0.1) is 0 Å². The molecule has 0 N–H and O–H groups in total. The van der Waals surface area contributed by atoms with Crippen LogP contribution in [0.15, 0.2) is 12.7 Å². The number of carbonyl (C=O) groups is 1. The summed E-state index contributed by atoms with van der Waals surface area (Å²) in [7, 11) is 0. The molecule has 0 spiro atoms. The molecule has 9 heavy (non-hydrogen) atoms. The Labute approximate surface area is 63.0 Å². The first kappa shape index (κ1) is 8.69. The molecule has 52 valence electrons.